The third-order valence-corrected chi connectivity index (χ3v) is 6.30. The summed E-state index contributed by atoms with van der Waals surface area (Å²) in [6, 6.07) is 6.08. The van der Waals surface area contributed by atoms with E-state index in [1.165, 1.54) is 16.4 Å². The second-order valence-corrected chi connectivity index (χ2v) is 7.73. The fourth-order valence-corrected chi connectivity index (χ4v) is 4.27. The van der Waals surface area contributed by atoms with Gasteiger partial charge in [-0.15, -0.1) is 0 Å². The molecular weight excluding hydrogens is 328 g/mol. The highest BCUT2D eigenvalue weighted by atomic mass is 32.2. The Morgan fingerprint density at radius 1 is 1.25 bits per heavy atom. The Labute approximate surface area is 144 Å². The maximum Gasteiger partial charge on any atom is 0.251 e. The van der Waals surface area contributed by atoms with Crippen LogP contribution in [0.15, 0.2) is 29.2 Å². The highest BCUT2D eigenvalue weighted by molar-refractivity contribution is 7.89. The summed E-state index contributed by atoms with van der Waals surface area (Å²) >= 11 is 0. The molecule has 1 amide bonds. The summed E-state index contributed by atoms with van der Waals surface area (Å²) in [6.45, 7) is 5.81. The average molecular weight is 354 g/mol. The van der Waals surface area contributed by atoms with Gasteiger partial charge in [-0.1, -0.05) is 13.8 Å². The van der Waals surface area contributed by atoms with Crippen LogP contribution in [-0.4, -0.2) is 51.0 Å². The standard InChI is InChI=1S/C17H26N2O4S/c1-3-19(4-2)24(21,22)16-9-7-14(8-10-16)17(20)18-12-11-15-6-5-13-23-15/h7-10,15H,3-6,11-13H2,1-2H3,(H,18,20). The number of hydrogen-bond acceptors (Lipinski definition) is 4. The molecule has 0 bridgehead atoms. The van der Waals surface area contributed by atoms with Crippen LogP contribution >= 0.6 is 0 Å². The van der Waals surface area contributed by atoms with Crippen LogP contribution < -0.4 is 5.32 Å². The van der Waals surface area contributed by atoms with Gasteiger partial charge in [0, 0.05) is 31.8 Å². The zero-order valence-corrected chi connectivity index (χ0v) is 15.1. The molecule has 1 saturated heterocycles. The third-order valence-electron chi connectivity index (χ3n) is 4.24. The van der Waals surface area contributed by atoms with Crippen LogP contribution in [0.4, 0.5) is 0 Å². The number of rotatable bonds is 8. The number of carbonyl (C=O) groups excluding carboxylic acids is 1. The van der Waals surface area contributed by atoms with Crippen LogP contribution in [0, 0.1) is 0 Å². The van der Waals surface area contributed by atoms with Gasteiger partial charge in [0.2, 0.25) is 10.0 Å². The summed E-state index contributed by atoms with van der Waals surface area (Å²) in [5, 5.41) is 2.85. The van der Waals surface area contributed by atoms with Crippen molar-refractivity contribution in [3.63, 3.8) is 0 Å². The molecule has 0 aromatic heterocycles. The van der Waals surface area contributed by atoms with E-state index < -0.39 is 10.0 Å². The molecule has 1 aliphatic rings. The van der Waals surface area contributed by atoms with Crippen molar-refractivity contribution in [1.29, 1.82) is 0 Å². The van der Waals surface area contributed by atoms with Gasteiger partial charge in [-0.25, -0.2) is 8.42 Å². The first-order valence-corrected chi connectivity index (χ1v) is 9.93. The second kappa shape index (κ2) is 8.60. The van der Waals surface area contributed by atoms with Gasteiger partial charge < -0.3 is 10.1 Å². The van der Waals surface area contributed by atoms with E-state index in [9.17, 15) is 13.2 Å². The minimum absolute atomic E-state index is 0.195. The Morgan fingerprint density at radius 2 is 1.92 bits per heavy atom. The molecule has 7 heteroatoms. The van der Waals surface area contributed by atoms with Crippen LogP contribution in [0.3, 0.4) is 0 Å². The van der Waals surface area contributed by atoms with E-state index >= 15 is 0 Å². The van der Waals surface area contributed by atoms with Gasteiger partial charge in [0.25, 0.3) is 5.91 Å². The van der Waals surface area contributed by atoms with Crippen LogP contribution in [0.5, 0.6) is 0 Å². The van der Waals surface area contributed by atoms with E-state index in [0.29, 0.717) is 25.2 Å². The van der Waals surface area contributed by atoms with Crippen LogP contribution in [-0.2, 0) is 14.8 Å². The van der Waals surface area contributed by atoms with Gasteiger partial charge in [0.05, 0.1) is 11.0 Å². The molecule has 134 valence electrons. The topological polar surface area (TPSA) is 75.7 Å². The third kappa shape index (κ3) is 4.55. The second-order valence-electron chi connectivity index (χ2n) is 5.79. The Bertz CT molecular complexity index is 633. The monoisotopic (exact) mass is 354 g/mol. The lowest BCUT2D eigenvalue weighted by Gasteiger charge is -2.18. The quantitative estimate of drug-likeness (QED) is 0.775. The molecule has 1 aromatic rings. The van der Waals surface area contributed by atoms with Gasteiger partial charge in [-0.05, 0) is 43.5 Å². The summed E-state index contributed by atoms with van der Waals surface area (Å²) in [6.07, 6.45) is 3.18. The molecule has 1 N–H and O–H groups in total. The van der Waals surface area contributed by atoms with Crippen molar-refractivity contribution in [3.05, 3.63) is 29.8 Å². The average Bonchev–Trinajstić information content (AvgIpc) is 3.09. The molecule has 1 unspecified atom stereocenters. The number of nitrogens with zero attached hydrogens (tertiary/aromatic N) is 1. The zero-order valence-electron chi connectivity index (χ0n) is 14.3. The fourth-order valence-electron chi connectivity index (χ4n) is 2.81. The normalized spacial score (nSPS) is 18.0. The highest BCUT2D eigenvalue weighted by Gasteiger charge is 2.21. The summed E-state index contributed by atoms with van der Waals surface area (Å²) in [7, 11) is -3.49. The number of carbonyl (C=O) groups is 1. The molecule has 6 nitrogen and oxygen atoms in total. The first-order valence-electron chi connectivity index (χ1n) is 8.49. The van der Waals surface area contributed by atoms with Gasteiger partial charge in [-0.3, -0.25) is 4.79 Å². The summed E-state index contributed by atoms with van der Waals surface area (Å²) in [5.41, 5.74) is 0.459. The number of sulfonamides is 1. The Kier molecular flexibility index (Phi) is 6.77. The fraction of sp³-hybridized carbons (Fsp3) is 0.588. The van der Waals surface area contributed by atoms with Crippen molar-refractivity contribution in [3.8, 4) is 0 Å². The van der Waals surface area contributed by atoms with Crippen molar-refractivity contribution >= 4 is 15.9 Å². The first kappa shape index (κ1) is 18.9. The lowest BCUT2D eigenvalue weighted by Crippen LogP contribution is -2.30. The van der Waals surface area contributed by atoms with Gasteiger partial charge in [0.1, 0.15) is 0 Å². The lowest BCUT2D eigenvalue weighted by atomic mass is 10.1. The van der Waals surface area contributed by atoms with E-state index in [1.807, 2.05) is 0 Å². The molecule has 1 fully saturated rings. The van der Waals surface area contributed by atoms with Gasteiger partial charge >= 0.3 is 0 Å². The molecule has 24 heavy (non-hydrogen) atoms. The van der Waals surface area contributed by atoms with Crippen molar-refractivity contribution in [2.45, 2.75) is 44.1 Å². The largest absolute Gasteiger partial charge is 0.378 e. The Hall–Kier alpha value is -1.44. The van der Waals surface area contributed by atoms with Gasteiger partial charge in [0.15, 0.2) is 0 Å². The van der Waals surface area contributed by atoms with Crippen LogP contribution in [0.2, 0.25) is 0 Å². The molecule has 1 aromatic carbocycles. The summed E-state index contributed by atoms with van der Waals surface area (Å²) in [5.74, 6) is -0.195. The van der Waals surface area contributed by atoms with E-state index in [4.69, 9.17) is 4.74 Å². The molecule has 2 rings (SSSR count). The molecule has 1 heterocycles. The predicted octanol–water partition coefficient (Wildman–Crippen LogP) is 2.02. The molecule has 0 radical (unpaired) electrons. The molecule has 0 aliphatic carbocycles. The molecule has 1 atom stereocenters. The molecule has 1 aliphatic heterocycles. The van der Waals surface area contributed by atoms with Crippen molar-refractivity contribution in [1.82, 2.24) is 9.62 Å². The molecule has 0 spiro atoms. The molecule has 0 saturated carbocycles. The minimum atomic E-state index is -3.49. The van der Waals surface area contributed by atoms with Crippen molar-refractivity contribution < 1.29 is 17.9 Å². The first-order chi connectivity index (χ1) is 11.5. The van der Waals surface area contributed by atoms with Crippen LogP contribution in [0.1, 0.15) is 43.5 Å². The van der Waals surface area contributed by atoms with E-state index in [2.05, 4.69) is 5.32 Å². The zero-order chi connectivity index (χ0) is 17.6. The molecular formula is C17H26N2O4S. The van der Waals surface area contributed by atoms with E-state index in [1.54, 1.807) is 26.0 Å². The number of ether oxygens (including phenoxy) is 1. The lowest BCUT2D eigenvalue weighted by molar-refractivity contribution is 0.0907. The van der Waals surface area contributed by atoms with E-state index in [-0.39, 0.29) is 16.9 Å². The number of benzene rings is 1. The maximum atomic E-state index is 12.4. The Balaban J connectivity index is 1.94. The Morgan fingerprint density at radius 3 is 2.46 bits per heavy atom. The SMILES string of the molecule is CCN(CC)S(=O)(=O)c1ccc(C(=O)NCCC2CCCO2)cc1. The smallest absolute Gasteiger partial charge is 0.251 e. The summed E-state index contributed by atoms with van der Waals surface area (Å²) < 4.78 is 31.7. The number of nitrogens with one attached hydrogen (secondary N) is 1. The number of hydrogen-bond donors (Lipinski definition) is 1. The van der Waals surface area contributed by atoms with Crippen molar-refractivity contribution in [2.75, 3.05) is 26.2 Å². The highest BCUT2D eigenvalue weighted by Crippen LogP contribution is 2.17. The van der Waals surface area contributed by atoms with Gasteiger partial charge in [-0.2, -0.15) is 4.31 Å². The summed E-state index contributed by atoms with van der Waals surface area (Å²) in [4.78, 5) is 12.3. The van der Waals surface area contributed by atoms with Crippen LogP contribution in [0.25, 0.3) is 0 Å². The predicted molar refractivity (Wildman–Crippen MR) is 92.5 cm³/mol. The van der Waals surface area contributed by atoms with Crippen molar-refractivity contribution in [2.24, 2.45) is 0 Å². The maximum absolute atomic E-state index is 12.4. The minimum Gasteiger partial charge on any atom is -0.378 e. The number of amides is 1. The van der Waals surface area contributed by atoms with E-state index in [0.717, 1.165) is 25.9 Å².